The smallest absolute Gasteiger partial charge is 0.422 e. The van der Waals surface area contributed by atoms with E-state index in [-0.39, 0.29) is 11.5 Å². The van der Waals surface area contributed by atoms with Crippen molar-refractivity contribution in [3.05, 3.63) is 39.8 Å². The molecule has 2 N–H and O–H groups in total. The summed E-state index contributed by atoms with van der Waals surface area (Å²) in [6.07, 6.45) is -2.59. The van der Waals surface area contributed by atoms with Crippen LogP contribution in [0.3, 0.4) is 0 Å². The first-order chi connectivity index (χ1) is 13.3. The van der Waals surface area contributed by atoms with Crippen molar-refractivity contribution in [2.75, 3.05) is 20.3 Å². The molecule has 10 heteroatoms. The molecule has 2 aromatic rings. The van der Waals surface area contributed by atoms with E-state index in [4.69, 9.17) is 9.47 Å². The summed E-state index contributed by atoms with van der Waals surface area (Å²) in [5.41, 5.74) is 0.776. The van der Waals surface area contributed by atoms with Gasteiger partial charge in [0.15, 0.2) is 24.1 Å². The zero-order chi connectivity index (χ0) is 20.6. The van der Waals surface area contributed by atoms with E-state index in [0.717, 1.165) is 15.4 Å². The number of hydrogen-bond acceptors (Lipinski definition) is 5. The lowest BCUT2D eigenvalue weighted by Gasteiger charge is -2.13. The second-order valence-corrected chi connectivity index (χ2v) is 7.12. The van der Waals surface area contributed by atoms with Crippen LogP contribution in [0.15, 0.2) is 29.4 Å². The van der Waals surface area contributed by atoms with Gasteiger partial charge in [0.05, 0.1) is 20.2 Å². The van der Waals surface area contributed by atoms with Gasteiger partial charge >= 0.3 is 6.18 Å². The van der Waals surface area contributed by atoms with Crippen LogP contribution in [-0.2, 0) is 13.1 Å². The molecule has 28 heavy (non-hydrogen) atoms. The van der Waals surface area contributed by atoms with Crippen LogP contribution >= 0.6 is 11.3 Å². The van der Waals surface area contributed by atoms with Crippen LogP contribution in [0.5, 0.6) is 11.5 Å². The first-order valence-electron chi connectivity index (χ1n) is 8.60. The molecular weight excluding hydrogens is 393 g/mol. The SMILES string of the molecule is CCNC(=NCc1ccc(OCC(F)(F)F)c(OC)c1)NCc1ncc(C)s1. The molecule has 0 spiro atoms. The van der Waals surface area contributed by atoms with Crippen LogP contribution in [0.2, 0.25) is 0 Å². The zero-order valence-electron chi connectivity index (χ0n) is 15.9. The Morgan fingerprint density at radius 3 is 2.64 bits per heavy atom. The number of aromatic nitrogens is 1. The predicted molar refractivity (Wildman–Crippen MR) is 103 cm³/mol. The summed E-state index contributed by atoms with van der Waals surface area (Å²) in [6.45, 7) is 4.15. The lowest BCUT2D eigenvalue weighted by Crippen LogP contribution is -2.36. The maximum atomic E-state index is 12.3. The number of rotatable bonds is 8. The van der Waals surface area contributed by atoms with Crippen molar-refractivity contribution in [3.8, 4) is 11.5 Å². The molecule has 0 saturated carbocycles. The zero-order valence-corrected chi connectivity index (χ0v) is 16.7. The Bertz CT molecular complexity index is 793. The van der Waals surface area contributed by atoms with Crippen molar-refractivity contribution in [1.29, 1.82) is 0 Å². The standard InChI is InChI=1S/C18H23F3N4O2S/c1-4-22-17(25-10-16-23-8-12(2)28-16)24-9-13-5-6-14(15(7-13)26-3)27-11-18(19,20)21/h5-8H,4,9-11H2,1-3H3,(H2,22,24,25). The molecule has 0 bridgehead atoms. The first kappa shape index (κ1) is 21.8. The van der Waals surface area contributed by atoms with Gasteiger partial charge in [0.25, 0.3) is 0 Å². The minimum atomic E-state index is -4.41. The number of aliphatic imine (C=N–C) groups is 1. The number of alkyl halides is 3. The molecule has 6 nitrogen and oxygen atoms in total. The highest BCUT2D eigenvalue weighted by atomic mass is 32.1. The average Bonchev–Trinajstić information content (AvgIpc) is 3.07. The van der Waals surface area contributed by atoms with Crippen molar-refractivity contribution in [3.63, 3.8) is 0 Å². The number of ether oxygens (including phenoxy) is 2. The van der Waals surface area contributed by atoms with Gasteiger partial charge in [-0.1, -0.05) is 6.07 Å². The summed E-state index contributed by atoms with van der Waals surface area (Å²) < 4.78 is 46.9. The number of benzene rings is 1. The molecule has 0 atom stereocenters. The van der Waals surface area contributed by atoms with E-state index in [0.29, 0.717) is 25.6 Å². The molecular formula is C18H23F3N4O2S. The Morgan fingerprint density at radius 1 is 1.25 bits per heavy atom. The van der Waals surface area contributed by atoms with E-state index in [2.05, 4.69) is 20.6 Å². The highest BCUT2D eigenvalue weighted by Crippen LogP contribution is 2.30. The van der Waals surface area contributed by atoms with Crippen LogP contribution in [0.1, 0.15) is 22.4 Å². The molecule has 0 aliphatic heterocycles. The third-order valence-corrected chi connectivity index (χ3v) is 4.37. The van der Waals surface area contributed by atoms with Crippen molar-refractivity contribution < 1.29 is 22.6 Å². The van der Waals surface area contributed by atoms with E-state index >= 15 is 0 Å². The van der Waals surface area contributed by atoms with Gasteiger partial charge in [0, 0.05) is 17.6 Å². The number of nitrogens with one attached hydrogen (secondary N) is 2. The van der Waals surface area contributed by atoms with Crippen LogP contribution in [-0.4, -0.2) is 37.4 Å². The summed E-state index contributed by atoms with van der Waals surface area (Å²) >= 11 is 1.61. The number of methoxy groups -OCH3 is 1. The van der Waals surface area contributed by atoms with E-state index in [1.807, 2.05) is 20.0 Å². The minimum absolute atomic E-state index is 0.0386. The third-order valence-electron chi connectivity index (χ3n) is 3.46. The maximum Gasteiger partial charge on any atom is 0.422 e. The molecule has 0 saturated heterocycles. The van der Waals surface area contributed by atoms with Gasteiger partial charge in [0.2, 0.25) is 0 Å². The Hall–Kier alpha value is -2.49. The van der Waals surface area contributed by atoms with E-state index in [1.165, 1.54) is 13.2 Å². The monoisotopic (exact) mass is 416 g/mol. The van der Waals surface area contributed by atoms with Gasteiger partial charge in [-0.2, -0.15) is 13.2 Å². The highest BCUT2D eigenvalue weighted by Gasteiger charge is 2.29. The topological polar surface area (TPSA) is 67.8 Å². The quantitative estimate of drug-likeness (QED) is 0.508. The molecule has 2 rings (SSSR count). The molecule has 1 aromatic carbocycles. The van der Waals surface area contributed by atoms with Crippen molar-refractivity contribution >= 4 is 17.3 Å². The molecule has 0 aliphatic carbocycles. The van der Waals surface area contributed by atoms with Gasteiger partial charge in [-0.3, -0.25) is 0 Å². The second kappa shape index (κ2) is 10.2. The molecule has 154 valence electrons. The number of aryl methyl sites for hydroxylation is 1. The van der Waals surface area contributed by atoms with E-state index in [9.17, 15) is 13.2 Å². The largest absolute Gasteiger partial charge is 0.493 e. The Balaban J connectivity index is 2.02. The van der Waals surface area contributed by atoms with Gasteiger partial charge in [-0.15, -0.1) is 11.3 Å². The lowest BCUT2D eigenvalue weighted by atomic mass is 10.2. The van der Waals surface area contributed by atoms with Gasteiger partial charge in [-0.25, -0.2) is 9.98 Å². The van der Waals surface area contributed by atoms with Crippen molar-refractivity contribution in [2.24, 2.45) is 4.99 Å². The fraction of sp³-hybridized carbons (Fsp3) is 0.444. The number of hydrogen-bond donors (Lipinski definition) is 2. The van der Waals surface area contributed by atoms with Crippen LogP contribution in [0.25, 0.3) is 0 Å². The Kier molecular flexibility index (Phi) is 7.91. The van der Waals surface area contributed by atoms with Gasteiger partial charge in [0.1, 0.15) is 5.01 Å². The summed E-state index contributed by atoms with van der Waals surface area (Å²) in [5, 5.41) is 7.30. The Labute approximate surface area is 165 Å². The molecule has 0 amide bonds. The first-order valence-corrected chi connectivity index (χ1v) is 9.42. The van der Waals surface area contributed by atoms with Gasteiger partial charge < -0.3 is 20.1 Å². The number of thiazole rings is 1. The molecule has 0 fully saturated rings. The lowest BCUT2D eigenvalue weighted by molar-refractivity contribution is -0.153. The summed E-state index contributed by atoms with van der Waals surface area (Å²) in [7, 11) is 1.38. The molecule has 0 unspecified atom stereocenters. The van der Waals surface area contributed by atoms with Crippen LogP contribution in [0, 0.1) is 6.92 Å². The normalized spacial score (nSPS) is 12.0. The summed E-state index contributed by atoms with van der Waals surface area (Å²) in [5.74, 6) is 0.886. The van der Waals surface area contributed by atoms with Crippen LogP contribution in [0.4, 0.5) is 13.2 Å². The molecule has 1 aromatic heterocycles. The number of guanidine groups is 1. The van der Waals surface area contributed by atoms with Crippen molar-refractivity contribution in [1.82, 2.24) is 15.6 Å². The van der Waals surface area contributed by atoms with Crippen molar-refractivity contribution in [2.45, 2.75) is 33.1 Å². The average molecular weight is 416 g/mol. The highest BCUT2D eigenvalue weighted by molar-refractivity contribution is 7.11. The van der Waals surface area contributed by atoms with E-state index in [1.54, 1.807) is 23.5 Å². The second-order valence-electron chi connectivity index (χ2n) is 5.80. The molecule has 1 heterocycles. The van der Waals surface area contributed by atoms with Crippen LogP contribution < -0.4 is 20.1 Å². The predicted octanol–water partition coefficient (Wildman–Crippen LogP) is 3.66. The maximum absolute atomic E-state index is 12.3. The summed E-state index contributed by atoms with van der Waals surface area (Å²) in [4.78, 5) is 9.92. The summed E-state index contributed by atoms with van der Waals surface area (Å²) in [6, 6.07) is 4.72. The van der Waals surface area contributed by atoms with Gasteiger partial charge in [-0.05, 0) is 31.5 Å². The fourth-order valence-electron chi connectivity index (χ4n) is 2.24. The Morgan fingerprint density at radius 2 is 2.04 bits per heavy atom. The van der Waals surface area contributed by atoms with E-state index < -0.39 is 12.8 Å². The number of nitrogens with zero attached hydrogens (tertiary/aromatic N) is 2. The molecule has 0 aliphatic rings. The fourth-order valence-corrected chi connectivity index (χ4v) is 2.97. The minimum Gasteiger partial charge on any atom is -0.493 e. The number of halogens is 3. The molecule has 0 radical (unpaired) electrons. The third kappa shape index (κ3) is 7.26.